The van der Waals surface area contributed by atoms with Crippen LogP contribution in [0.4, 0.5) is 0 Å². The van der Waals surface area contributed by atoms with Crippen LogP contribution in [0, 0.1) is 5.92 Å². The van der Waals surface area contributed by atoms with Gasteiger partial charge in [0, 0.05) is 44.8 Å². The lowest BCUT2D eigenvalue weighted by atomic mass is 9.92. The standard InChI is InChI=1S/C21H35N5O2/c1-4-17(5-2)19(26-10-12-28-13-11-26)15-25-21(23-3)24-14-16-6-8-18(9-7-16)20(22)27/h6-9,17,19H,4-5,10-15H2,1-3H3,(H2,22,27)(H2,23,24,25). The summed E-state index contributed by atoms with van der Waals surface area (Å²) in [5, 5.41) is 6.85. The summed E-state index contributed by atoms with van der Waals surface area (Å²) >= 11 is 0. The number of nitrogens with two attached hydrogens (primary N) is 1. The van der Waals surface area contributed by atoms with E-state index in [1.165, 1.54) is 12.8 Å². The second-order valence-corrected chi connectivity index (χ2v) is 7.16. The van der Waals surface area contributed by atoms with E-state index in [-0.39, 0.29) is 0 Å². The van der Waals surface area contributed by atoms with Crippen molar-refractivity contribution in [3.05, 3.63) is 35.4 Å². The van der Waals surface area contributed by atoms with E-state index in [2.05, 4.69) is 34.4 Å². The number of primary amides is 1. The molecule has 0 aliphatic carbocycles. The van der Waals surface area contributed by atoms with Gasteiger partial charge >= 0.3 is 0 Å². The molecule has 1 saturated heterocycles. The Morgan fingerprint density at radius 1 is 1.18 bits per heavy atom. The van der Waals surface area contributed by atoms with Gasteiger partial charge in [-0.2, -0.15) is 0 Å². The zero-order valence-corrected chi connectivity index (χ0v) is 17.4. The fraction of sp³-hybridized carbons (Fsp3) is 0.619. The summed E-state index contributed by atoms with van der Waals surface area (Å²) in [5.41, 5.74) is 6.87. The third-order valence-corrected chi connectivity index (χ3v) is 5.51. The Morgan fingerprint density at radius 3 is 2.36 bits per heavy atom. The fourth-order valence-corrected chi connectivity index (χ4v) is 3.73. The van der Waals surface area contributed by atoms with Crippen LogP contribution < -0.4 is 16.4 Å². The van der Waals surface area contributed by atoms with Crippen LogP contribution in [0.1, 0.15) is 42.6 Å². The topological polar surface area (TPSA) is 92.0 Å². The number of hydrogen-bond donors (Lipinski definition) is 3. The second-order valence-electron chi connectivity index (χ2n) is 7.16. The van der Waals surface area contributed by atoms with Crippen molar-refractivity contribution >= 4 is 11.9 Å². The van der Waals surface area contributed by atoms with Crippen LogP contribution in [0.3, 0.4) is 0 Å². The van der Waals surface area contributed by atoms with Crippen LogP contribution in [0.25, 0.3) is 0 Å². The molecule has 1 aliphatic heterocycles. The number of morpholine rings is 1. The Morgan fingerprint density at radius 2 is 1.82 bits per heavy atom. The lowest BCUT2D eigenvalue weighted by Crippen LogP contribution is -2.53. The first kappa shape index (κ1) is 22.2. The largest absolute Gasteiger partial charge is 0.379 e. The number of ether oxygens (including phenoxy) is 1. The van der Waals surface area contributed by atoms with Crippen LogP contribution in [-0.2, 0) is 11.3 Å². The number of hydrogen-bond acceptors (Lipinski definition) is 4. The smallest absolute Gasteiger partial charge is 0.248 e. The van der Waals surface area contributed by atoms with E-state index < -0.39 is 5.91 Å². The van der Waals surface area contributed by atoms with E-state index in [1.54, 1.807) is 19.2 Å². The molecule has 0 spiro atoms. The zero-order chi connectivity index (χ0) is 20.4. The van der Waals surface area contributed by atoms with Crippen LogP contribution in [0.5, 0.6) is 0 Å². The first-order valence-electron chi connectivity index (χ1n) is 10.2. The molecule has 1 aromatic rings. The maximum Gasteiger partial charge on any atom is 0.248 e. The predicted molar refractivity (Wildman–Crippen MR) is 113 cm³/mol. The maximum atomic E-state index is 11.2. The van der Waals surface area contributed by atoms with Crippen molar-refractivity contribution in [2.75, 3.05) is 39.9 Å². The Labute approximate surface area is 168 Å². The molecule has 1 aliphatic rings. The Hall–Kier alpha value is -2.12. The monoisotopic (exact) mass is 389 g/mol. The van der Waals surface area contributed by atoms with E-state index in [1.807, 2.05) is 12.1 Å². The van der Waals surface area contributed by atoms with Gasteiger partial charge in [-0.25, -0.2) is 0 Å². The quantitative estimate of drug-likeness (QED) is 0.441. The van der Waals surface area contributed by atoms with Crippen molar-refractivity contribution in [1.29, 1.82) is 0 Å². The summed E-state index contributed by atoms with van der Waals surface area (Å²) in [6.45, 7) is 9.62. The van der Waals surface area contributed by atoms with E-state index in [4.69, 9.17) is 10.5 Å². The summed E-state index contributed by atoms with van der Waals surface area (Å²) in [6.07, 6.45) is 2.33. The molecule has 1 amide bonds. The highest BCUT2D eigenvalue weighted by molar-refractivity contribution is 5.92. The molecule has 1 aromatic carbocycles. The first-order valence-corrected chi connectivity index (χ1v) is 10.2. The van der Waals surface area contributed by atoms with Gasteiger partial charge in [0.1, 0.15) is 0 Å². The maximum absolute atomic E-state index is 11.2. The molecule has 7 heteroatoms. The van der Waals surface area contributed by atoms with Gasteiger partial charge in [-0.15, -0.1) is 0 Å². The average molecular weight is 390 g/mol. The molecule has 0 saturated carbocycles. The normalized spacial score (nSPS) is 16.8. The summed E-state index contributed by atoms with van der Waals surface area (Å²) in [4.78, 5) is 18.1. The highest BCUT2D eigenvalue weighted by atomic mass is 16.5. The molecule has 156 valence electrons. The highest BCUT2D eigenvalue weighted by Crippen LogP contribution is 2.19. The highest BCUT2D eigenvalue weighted by Gasteiger charge is 2.26. The molecule has 0 aromatic heterocycles. The number of amides is 1. The fourth-order valence-electron chi connectivity index (χ4n) is 3.73. The number of aliphatic imine (C=N–C) groups is 1. The number of nitrogens with zero attached hydrogens (tertiary/aromatic N) is 2. The molecule has 0 radical (unpaired) electrons. The van der Waals surface area contributed by atoms with Gasteiger partial charge < -0.3 is 21.1 Å². The average Bonchev–Trinajstić information content (AvgIpc) is 2.74. The number of carbonyl (C=O) groups excluding carboxylic acids is 1. The second kappa shape index (κ2) is 11.7. The predicted octanol–water partition coefficient (Wildman–Crippen LogP) is 1.59. The number of rotatable bonds is 9. The Bertz CT molecular complexity index is 622. The zero-order valence-electron chi connectivity index (χ0n) is 17.4. The molecule has 1 heterocycles. The summed E-state index contributed by atoms with van der Waals surface area (Å²) < 4.78 is 5.53. The van der Waals surface area contributed by atoms with Gasteiger partial charge in [0.2, 0.25) is 5.91 Å². The molecule has 2 rings (SSSR count). The van der Waals surface area contributed by atoms with Crippen LogP contribution in [0.2, 0.25) is 0 Å². The van der Waals surface area contributed by atoms with E-state index in [9.17, 15) is 4.79 Å². The first-order chi connectivity index (χ1) is 13.6. The molecule has 1 fully saturated rings. The number of benzene rings is 1. The van der Waals surface area contributed by atoms with Gasteiger partial charge in [0.15, 0.2) is 5.96 Å². The molecule has 7 nitrogen and oxygen atoms in total. The molecule has 1 atom stereocenters. The molecule has 28 heavy (non-hydrogen) atoms. The molecule has 4 N–H and O–H groups in total. The van der Waals surface area contributed by atoms with E-state index in [0.717, 1.165) is 44.4 Å². The summed E-state index contributed by atoms with van der Waals surface area (Å²) in [5.74, 6) is 1.01. The summed E-state index contributed by atoms with van der Waals surface area (Å²) in [7, 11) is 1.78. The molecular weight excluding hydrogens is 354 g/mol. The van der Waals surface area contributed by atoms with Gasteiger partial charge in [0.05, 0.1) is 13.2 Å². The minimum Gasteiger partial charge on any atom is -0.379 e. The van der Waals surface area contributed by atoms with Crippen LogP contribution >= 0.6 is 0 Å². The minimum absolute atomic E-state index is 0.410. The third-order valence-electron chi connectivity index (χ3n) is 5.51. The number of carbonyl (C=O) groups is 1. The molecule has 1 unspecified atom stereocenters. The van der Waals surface area contributed by atoms with Gasteiger partial charge in [-0.3, -0.25) is 14.7 Å². The summed E-state index contributed by atoms with van der Waals surface area (Å²) in [6, 6.07) is 7.77. The lowest BCUT2D eigenvalue weighted by molar-refractivity contribution is 0.00272. The molecular formula is C21H35N5O2. The van der Waals surface area contributed by atoms with Crippen molar-refractivity contribution in [1.82, 2.24) is 15.5 Å². The number of guanidine groups is 1. The number of nitrogens with one attached hydrogen (secondary N) is 2. The van der Waals surface area contributed by atoms with Crippen molar-refractivity contribution in [3.8, 4) is 0 Å². The Balaban J connectivity index is 1.91. The van der Waals surface area contributed by atoms with Crippen molar-refractivity contribution < 1.29 is 9.53 Å². The van der Waals surface area contributed by atoms with Gasteiger partial charge in [0.25, 0.3) is 0 Å². The van der Waals surface area contributed by atoms with Crippen molar-refractivity contribution in [3.63, 3.8) is 0 Å². The Kier molecular flexibility index (Phi) is 9.23. The lowest BCUT2D eigenvalue weighted by Gasteiger charge is -2.39. The van der Waals surface area contributed by atoms with Gasteiger partial charge in [-0.1, -0.05) is 38.8 Å². The minimum atomic E-state index is -0.410. The van der Waals surface area contributed by atoms with Crippen molar-refractivity contribution in [2.45, 2.75) is 39.3 Å². The van der Waals surface area contributed by atoms with E-state index >= 15 is 0 Å². The SMILES string of the molecule is CCC(CC)C(CNC(=NC)NCc1ccc(C(N)=O)cc1)N1CCOCC1. The van der Waals surface area contributed by atoms with Crippen LogP contribution in [-0.4, -0.2) is 62.7 Å². The van der Waals surface area contributed by atoms with Crippen molar-refractivity contribution in [2.24, 2.45) is 16.6 Å². The third kappa shape index (κ3) is 6.49. The van der Waals surface area contributed by atoms with Crippen LogP contribution in [0.15, 0.2) is 29.3 Å². The van der Waals surface area contributed by atoms with E-state index in [0.29, 0.717) is 24.1 Å². The molecule has 0 bridgehead atoms. The van der Waals surface area contributed by atoms with Gasteiger partial charge in [-0.05, 0) is 23.6 Å².